The van der Waals surface area contributed by atoms with E-state index in [1.807, 2.05) is 24.3 Å². The number of benzene rings is 1. The molecule has 0 spiro atoms. The van der Waals surface area contributed by atoms with Crippen LogP contribution in [0.1, 0.15) is 5.56 Å². The van der Waals surface area contributed by atoms with Gasteiger partial charge in [0.05, 0.1) is 16.8 Å². The SMILES string of the molecule is N#CCOc1ccccc1/C=C1\SC(=S)N(c2cccnc2)C1=O. The number of carbonyl (C=O) groups is 1. The van der Waals surface area contributed by atoms with E-state index in [1.165, 1.54) is 16.7 Å². The molecular weight excluding hydrogens is 342 g/mol. The van der Waals surface area contributed by atoms with Gasteiger partial charge in [-0.2, -0.15) is 5.26 Å². The number of thioether (sulfide) groups is 1. The highest BCUT2D eigenvalue weighted by Crippen LogP contribution is 2.36. The molecule has 3 rings (SSSR count). The minimum atomic E-state index is -0.201. The van der Waals surface area contributed by atoms with Crippen molar-refractivity contribution in [1.29, 1.82) is 5.26 Å². The summed E-state index contributed by atoms with van der Waals surface area (Å²) < 4.78 is 5.84. The van der Waals surface area contributed by atoms with Crippen LogP contribution in [0.4, 0.5) is 5.69 Å². The number of ether oxygens (including phenoxy) is 1. The molecule has 0 aliphatic carbocycles. The van der Waals surface area contributed by atoms with Crippen molar-refractivity contribution in [3.8, 4) is 11.8 Å². The summed E-state index contributed by atoms with van der Waals surface area (Å²) in [5, 5.41) is 8.66. The van der Waals surface area contributed by atoms with Gasteiger partial charge in [-0.3, -0.25) is 14.7 Å². The molecule has 1 aromatic heterocycles. The predicted molar refractivity (Wildman–Crippen MR) is 97.4 cm³/mol. The van der Waals surface area contributed by atoms with Gasteiger partial charge in [-0.1, -0.05) is 42.2 Å². The number of amides is 1. The quantitative estimate of drug-likeness (QED) is 0.620. The lowest BCUT2D eigenvalue weighted by Gasteiger charge is -2.13. The molecule has 0 bridgehead atoms. The summed E-state index contributed by atoms with van der Waals surface area (Å²) in [7, 11) is 0. The largest absolute Gasteiger partial charge is 0.478 e. The van der Waals surface area contributed by atoms with E-state index < -0.39 is 0 Å². The van der Waals surface area contributed by atoms with Gasteiger partial charge in [0.1, 0.15) is 11.8 Å². The first-order valence-electron chi connectivity index (χ1n) is 6.97. The van der Waals surface area contributed by atoms with Gasteiger partial charge in [0.25, 0.3) is 5.91 Å². The molecule has 0 saturated carbocycles. The van der Waals surface area contributed by atoms with E-state index in [2.05, 4.69) is 4.98 Å². The minimum absolute atomic E-state index is 0.0541. The van der Waals surface area contributed by atoms with Gasteiger partial charge < -0.3 is 4.74 Å². The Bertz CT molecular complexity index is 860. The molecule has 1 aromatic carbocycles. The molecule has 1 saturated heterocycles. The molecule has 7 heteroatoms. The van der Waals surface area contributed by atoms with Gasteiger partial charge >= 0.3 is 0 Å². The molecule has 5 nitrogen and oxygen atoms in total. The van der Waals surface area contributed by atoms with Crippen molar-refractivity contribution in [1.82, 2.24) is 4.98 Å². The highest BCUT2D eigenvalue weighted by Gasteiger charge is 2.33. The Morgan fingerprint density at radius 3 is 2.92 bits per heavy atom. The van der Waals surface area contributed by atoms with Crippen LogP contribution >= 0.6 is 24.0 Å². The molecule has 24 heavy (non-hydrogen) atoms. The second-order valence-electron chi connectivity index (χ2n) is 4.71. The van der Waals surface area contributed by atoms with Crippen molar-refractivity contribution in [2.75, 3.05) is 11.5 Å². The highest BCUT2D eigenvalue weighted by molar-refractivity contribution is 8.27. The fraction of sp³-hybridized carbons (Fsp3) is 0.0588. The summed E-state index contributed by atoms with van der Waals surface area (Å²) >= 11 is 6.55. The van der Waals surface area contributed by atoms with Crippen LogP contribution in [0.2, 0.25) is 0 Å². The Morgan fingerprint density at radius 2 is 2.17 bits per heavy atom. The number of nitriles is 1. The lowest BCUT2D eigenvalue weighted by molar-refractivity contribution is -0.113. The number of aromatic nitrogens is 1. The maximum Gasteiger partial charge on any atom is 0.270 e. The third-order valence-electron chi connectivity index (χ3n) is 3.20. The van der Waals surface area contributed by atoms with Gasteiger partial charge in [-0.25, -0.2) is 0 Å². The van der Waals surface area contributed by atoms with E-state index in [1.54, 1.807) is 36.7 Å². The summed E-state index contributed by atoms with van der Waals surface area (Å²) in [4.78, 5) is 18.6. The average Bonchev–Trinajstić information content (AvgIpc) is 2.88. The van der Waals surface area contributed by atoms with E-state index in [0.717, 1.165) is 5.56 Å². The van der Waals surface area contributed by atoms with Crippen LogP contribution in [-0.2, 0) is 4.79 Å². The molecule has 1 aliphatic heterocycles. The molecular formula is C17H11N3O2S2. The monoisotopic (exact) mass is 353 g/mol. The van der Waals surface area contributed by atoms with E-state index in [4.69, 9.17) is 22.2 Å². The number of hydrogen-bond acceptors (Lipinski definition) is 6. The molecule has 0 unspecified atom stereocenters. The summed E-state index contributed by atoms with van der Waals surface area (Å²) in [5.74, 6) is 0.346. The van der Waals surface area contributed by atoms with Crippen LogP contribution in [0, 0.1) is 11.3 Å². The summed E-state index contributed by atoms with van der Waals surface area (Å²) in [5.41, 5.74) is 1.36. The van der Waals surface area contributed by atoms with E-state index in [9.17, 15) is 4.79 Å². The number of carbonyl (C=O) groups excluding carboxylic acids is 1. The summed E-state index contributed by atoms with van der Waals surface area (Å²) in [6.45, 7) is -0.0541. The number of nitrogens with zero attached hydrogens (tertiary/aromatic N) is 3. The maximum atomic E-state index is 12.7. The smallest absolute Gasteiger partial charge is 0.270 e. The topological polar surface area (TPSA) is 66.2 Å². The van der Waals surface area contributed by atoms with Crippen molar-refractivity contribution in [2.24, 2.45) is 0 Å². The zero-order valence-electron chi connectivity index (χ0n) is 12.4. The third kappa shape index (κ3) is 3.30. The average molecular weight is 353 g/mol. The lowest BCUT2D eigenvalue weighted by atomic mass is 10.2. The zero-order valence-corrected chi connectivity index (χ0v) is 14.0. The number of para-hydroxylation sites is 1. The molecule has 118 valence electrons. The fourth-order valence-corrected chi connectivity index (χ4v) is 3.45. The normalized spacial score (nSPS) is 15.6. The van der Waals surface area contributed by atoms with E-state index >= 15 is 0 Å². The second kappa shape index (κ2) is 7.25. The molecule has 0 radical (unpaired) electrons. The first-order chi connectivity index (χ1) is 11.7. The maximum absolute atomic E-state index is 12.7. The number of anilines is 1. The Morgan fingerprint density at radius 1 is 1.33 bits per heavy atom. The lowest BCUT2D eigenvalue weighted by Crippen LogP contribution is -2.27. The van der Waals surface area contributed by atoms with Crippen molar-refractivity contribution in [3.63, 3.8) is 0 Å². The Balaban J connectivity index is 1.92. The third-order valence-corrected chi connectivity index (χ3v) is 4.50. The first-order valence-corrected chi connectivity index (χ1v) is 8.20. The van der Waals surface area contributed by atoms with Gasteiger partial charge in [-0.05, 0) is 24.3 Å². The fourth-order valence-electron chi connectivity index (χ4n) is 2.16. The van der Waals surface area contributed by atoms with Crippen molar-refractivity contribution < 1.29 is 9.53 Å². The first kappa shape index (κ1) is 16.2. The number of pyridine rings is 1. The molecule has 0 N–H and O–H groups in total. The van der Waals surface area contributed by atoms with Crippen LogP contribution in [0.3, 0.4) is 0 Å². The molecule has 2 heterocycles. The summed E-state index contributed by atoms with van der Waals surface area (Å²) in [6, 6.07) is 12.7. The van der Waals surface area contributed by atoms with Gasteiger partial charge in [-0.15, -0.1) is 0 Å². The van der Waals surface area contributed by atoms with Gasteiger partial charge in [0.15, 0.2) is 10.9 Å². The van der Waals surface area contributed by atoms with E-state index in [0.29, 0.717) is 20.7 Å². The number of hydrogen-bond donors (Lipinski definition) is 0. The summed E-state index contributed by atoms with van der Waals surface area (Å²) in [6.07, 6.45) is 4.96. The van der Waals surface area contributed by atoms with Gasteiger partial charge in [0, 0.05) is 11.8 Å². The number of thiocarbonyl (C=S) groups is 1. The molecule has 2 aromatic rings. The van der Waals surface area contributed by atoms with Crippen LogP contribution in [0.15, 0.2) is 53.7 Å². The van der Waals surface area contributed by atoms with Crippen LogP contribution < -0.4 is 9.64 Å². The van der Waals surface area contributed by atoms with E-state index in [-0.39, 0.29) is 12.5 Å². The molecule has 1 fully saturated rings. The van der Waals surface area contributed by atoms with Gasteiger partial charge in [0.2, 0.25) is 0 Å². The Labute approximate surface area is 148 Å². The Hall–Kier alpha value is -2.69. The second-order valence-corrected chi connectivity index (χ2v) is 6.39. The van der Waals surface area contributed by atoms with Crippen LogP contribution in [0.25, 0.3) is 6.08 Å². The molecule has 1 amide bonds. The Kier molecular flexibility index (Phi) is 4.89. The van der Waals surface area contributed by atoms with Crippen molar-refractivity contribution >= 4 is 46.0 Å². The zero-order chi connectivity index (χ0) is 16.9. The molecule has 0 atom stereocenters. The van der Waals surface area contributed by atoms with Crippen LogP contribution in [-0.4, -0.2) is 21.8 Å². The predicted octanol–water partition coefficient (Wildman–Crippen LogP) is 3.39. The van der Waals surface area contributed by atoms with Crippen molar-refractivity contribution in [2.45, 2.75) is 0 Å². The van der Waals surface area contributed by atoms with Crippen LogP contribution in [0.5, 0.6) is 5.75 Å². The highest BCUT2D eigenvalue weighted by atomic mass is 32.2. The minimum Gasteiger partial charge on any atom is -0.478 e. The number of rotatable bonds is 4. The van der Waals surface area contributed by atoms with Crippen molar-refractivity contribution in [3.05, 3.63) is 59.3 Å². The molecule has 1 aliphatic rings. The standard InChI is InChI=1S/C17H11N3O2S2/c18-7-9-22-14-6-2-1-4-12(14)10-15-16(21)20(17(23)24-15)13-5-3-8-19-11-13/h1-6,8,10-11H,9H2/b15-10-.